The Kier molecular flexibility index (Phi) is 6.79. The SMILES string of the molecule is CC1CN(Cc2cc(F)c(F)cc2F)CC(C)N1C(=O)c1ccc(NS(=O)O)cc1. The van der Waals surface area contributed by atoms with E-state index in [1.54, 1.807) is 29.2 Å². The van der Waals surface area contributed by atoms with Crippen LogP contribution in [0, 0.1) is 17.5 Å². The predicted octanol–water partition coefficient (Wildman–Crippen LogP) is 3.39. The zero-order valence-corrected chi connectivity index (χ0v) is 17.3. The average molecular weight is 441 g/mol. The van der Waals surface area contributed by atoms with Crippen LogP contribution in [0.2, 0.25) is 0 Å². The van der Waals surface area contributed by atoms with E-state index in [-0.39, 0.29) is 30.1 Å². The first-order valence-corrected chi connectivity index (χ1v) is 10.4. The predicted molar refractivity (Wildman–Crippen MR) is 108 cm³/mol. The molecule has 0 bridgehead atoms. The second-order valence-electron chi connectivity index (χ2n) is 7.39. The quantitative estimate of drug-likeness (QED) is 0.551. The molecule has 2 N–H and O–H groups in total. The van der Waals surface area contributed by atoms with Gasteiger partial charge in [-0.1, -0.05) is 0 Å². The topological polar surface area (TPSA) is 72.9 Å². The Bertz CT molecular complexity index is 946. The number of nitrogens with zero attached hydrogens (tertiary/aromatic N) is 2. The van der Waals surface area contributed by atoms with Crippen LogP contribution < -0.4 is 4.72 Å². The van der Waals surface area contributed by atoms with Crippen LogP contribution in [-0.2, 0) is 17.8 Å². The number of hydrogen-bond donors (Lipinski definition) is 2. The van der Waals surface area contributed by atoms with Gasteiger partial charge in [0, 0.05) is 54.6 Å². The Hall–Kier alpha value is -2.43. The molecule has 1 heterocycles. The van der Waals surface area contributed by atoms with Gasteiger partial charge in [-0.25, -0.2) is 17.4 Å². The number of nitrogens with one attached hydrogen (secondary N) is 1. The Morgan fingerprint density at radius 3 is 2.20 bits per heavy atom. The van der Waals surface area contributed by atoms with Crippen molar-refractivity contribution in [2.75, 3.05) is 17.8 Å². The molecule has 2 aromatic rings. The zero-order chi connectivity index (χ0) is 22.0. The molecule has 1 aliphatic heterocycles. The molecular formula is C20H22F3N3O3S. The summed E-state index contributed by atoms with van der Waals surface area (Å²) < 4.78 is 62.6. The lowest BCUT2D eigenvalue weighted by Crippen LogP contribution is -2.58. The summed E-state index contributed by atoms with van der Waals surface area (Å²) in [4.78, 5) is 16.6. The molecule has 30 heavy (non-hydrogen) atoms. The van der Waals surface area contributed by atoms with Gasteiger partial charge < -0.3 is 4.90 Å². The van der Waals surface area contributed by atoms with Gasteiger partial charge in [0.2, 0.25) is 0 Å². The van der Waals surface area contributed by atoms with Gasteiger partial charge in [-0.2, -0.15) is 0 Å². The summed E-state index contributed by atoms with van der Waals surface area (Å²) in [6, 6.07) is 7.24. The maximum Gasteiger partial charge on any atom is 0.259 e. The fourth-order valence-electron chi connectivity index (χ4n) is 3.82. The van der Waals surface area contributed by atoms with Crippen LogP contribution in [0.3, 0.4) is 0 Å². The highest BCUT2D eigenvalue weighted by molar-refractivity contribution is 7.80. The summed E-state index contributed by atoms with van der Waals surface area (Å²) in [5, 5.41) is 0. The summed E-state index contributed by atoms with van der Waals surface area (Å²) in [6.45, 7) is 4.73. The molecule has 1 fully saturated rings. The van der Waals surface area contributed by atoms with Gasteiger partial charge in [0.1, 0.15) is 5.82 Å². The van der Waals surface area contributed by atoms with Crippen molar-refractivity contribution in [2.45, 2.75) is 32.5 Å². The highest BCUT2D eigenvalue weighted by atomic mass is 32.2. The molecule has 3 unspecified atom stereocenters. The minimum atomic E-state index is -2.20. The van der Waals surface area contributed by atoms with Crippen LogP contribution >= 0.6 is 0 Å². The molecule has 3 atom stereocenters. The lowest BCUT2D eigenvalue weighted by molar-refractivity contribution is 0.0265. The van der Waals surface area contributed by atoms with Crippen LogP contribution in [0.1, 0.15) is 29.8 Å². The van der Waals surface area contributed by atoms with E-state index in [2.05, 4.69) is 4.72 Å². The molecule has 1 saturated heterocycles. The van der Waals surface area contributed by atoms with Crippen molar-refractivity contribution < 1.29 is 26.7 Å². The second kappa shape index (κ2) is 9.15. The number of halogens is 3. The van der Waals surface area contributed by atoms with Crippen LogP contribution in [-0.4, -0.2) is 49.6 Å². The van der Waals surface area contributed by atoms with Gasteiger partial charge in [0.15, 0.2) is 11.6 Å². The number of anilines is 1. The molecule has 2 aromatic carbocycles. The minimum absolute atomic E-state index is 0.0671. The Morgan fingerprint density at radius 1 is 1.07 bits per heavy atom. The first-order chi connectivity index (χ1) is 14.2. The molecule has 0 aliphatic carbocycles. The normalized spacial score (nSPS) is 20.8. The maximum atomic E-state index is 14.0. The lowest BCUT2D eigenvalue weighted by Gasteiger charge is -2.44. The van der Waals surface area contributed by atoms with Crippen molar-refractivity contribution in [1.29, 1.82) is 0 Å². The van der Waals surface area contributed by atoms with E-state index in [4.69, 9.17) is 4.55 Å². The summed E-state index contributed by atoms with van der Waals surface area (Å²) in [5.41, 5.74) is 0.910. The summed E-state index contributed by atoms with van der Waals surface area (Å²) in [5.74, 6) is -3.31. The molecule has 1 amide bonds. The van der Waals surface area contributed by atoms with Gasteiger partial charge in [-0.15, -0.1) is 0 Å². The van der Waals surface area contributed by atoms with Gasteiger partial charge in [-0.3, -0.25) is 19.0 Å². The molecule has 3 rings (SSSR count). The van der Waals surface area contributed by atoms with E-state index in [9.17, 15) is 22.2 Å². The smallest absolute Gasteiger partial charge is 0.259 e. The zero-order valence-electron chi connectivity index (χ0n) is 16.4. The first-order valence-electron chi connectivity index (χ1n) is 9.31. The van der Waals surface area contributed by atoms with E-state index in [1.165, 1.54) is 0 Å². The molecule has 0 spiro atoms. The number of carbonyl (C=O) groups is 1. The van der Waals surface area contributed by atoms with Crippen LogP contribution in [0.25, 0.3) is 0 Å². The highest BCUT2D eigenvalue weighted by Gasteiger charge is 2.33. The third-order valence-electron chi connectivity index (χ3n) is 5.05. The van der Waals surface area contributed by atoms with Crippen molar-refractivity contribution in [3.05, 3.63) is 65.0 Å². The van der Waals surface area contributed by atoms with Crippen LogP contribution in [0.4, 0.5) is 18.9 Å². The average Bonchev–Trinajstić information content (AvgIpc) is 2.65. The monoisotopic (exact) mass is 441 g/mol. The number of rotatable bonds is 5. The molecule has 6 nitrogen and oxygen atoms in total. The van der Waals surface area contributed by atoms with Crippen molar-refractivity contribution in [1.82, 2.24) is 9.80 Å². The van der Waals surface area contributed by atoms with Crippen molar-refractivity contribution in [2.24, 2.45) is 0 Å². The number of piperazine rings is 1. The summed E-state index contributed by atoms with van der Waals surface area (Å²) in [6.07, 6.45) is 0. The second-order valence-corrected chi connectivity index (χ2v) is 8.09. The van der Waals surface area contributed by atoms with Gasteiger partial charge in [-0.05, 0) is 44.2 Å². The maximum absolute atomic E-state index is 14.0. The van der Waals surface area contributed by atoms with Gasteiger partial charge in [0.05, 0.1) is 0 Å². The molecular weight excluding hydrogens is 419 g/mol. The summed E-state index contributed by atoms with van der Waals surface area (Å²) in [7, 11) is 0. The summed E-state index contributed by atoms with van der Waals surface area (Å²) >= 11 is -2.20. The third kappa shape index (κ3) is 5.00. The Morgan fingerprint density at radius 2 is 1.63 bits per heavy atom. The lowest BCUT2D eigenvalue weighted by atomic mass is 10.0. The van der Waals surface area contributed by atoms with Crippen molar-refractivity contribution >= 4 is 22.9 Å². The van der Waals surface area contributed by atoms with Gasteiger partial charge in [0.25, 0.3) is 17.2 Å². The van der Waals surface area contributed by atoms with E-state index in [1.807, 2.05) is 18.7 Å². The number of benzene rings is 2. The van der Waals surface area contributed by atoms with E-state index >= 15 is 0 Å². The standard InChI is InChI=1S/C20H22F3N3O3S/c1-12-9-25(11-15-7-18(22)19(23)8-17(15)21)10-13(2)26(12)20(27)14-3-5-16(6-4-14)24-30(28)29/h3-8,12-13,24H,9-11H2,1-2H3,(H,28,29). The van der Waals surface area contributed by atoms with Crippen molar-refractivity contribution in [3.63, 3.8) is 0 Å². The van der Waals surface area contributed by atoms with Crippen LogP contribution in [0.15, 0.2) is 36.4 Å². The largest absolute Gasteiger partial charge is 0.331 e. The molecule has 0 aromatic heterocycles. The Balaban J connectivity index is 1.69. The number of carbonyl (C=O) groups excluding carboxylic acids is 1. The molecule has 1 aliphatic rings. The number of hydrogen-bond acceptors (Lipinski definition) is 3. The van der Waals surface area contributed by atoms with Crippen LogP contribution in [0.5, 0.6) is 0 Å². The Labute approximate surface area is 175 Å². The van der Waals surface area contributed by atoms with Crippen molar-refractivity contribution in [3.8, 4) is 0 Å². The molecule has 0 radical (unpaired) electrons. The highest BCUT2D eigenvalue weighted by Crippen LogP contribution is 2.23. The molecule has 162 valence electrons. The van der Waals surface area contributed by atoms with E-state index in [0.717, 1.165) is 6.07 Å². The van der Waals surface area contributed by atoms with E-state index < -0.39 is 28.7 Å². The third-order valence-corrected chi connectivity index (χ3v) is 5.46. The van der Waals surface area contributed by atoms with E-state index in [0.29, 0.717) is 30.4 Å². The minimum Gasteiger partial charge on any atom is -0.331 e. The fraction of sp³-hybridized carbons (Fsp3) is 0.350. The fourth-order valence-corrected chi connectivity index (χ4v) is 4.16. The number of amides is 1. The molecule has 0 saturated carbocycles. The molecule has 10 heteroatoms. The first kappa shape index (κ1) is 22.3. The van der Waals surface area contributed by atoms with Gasteiger partial charge >= 0.3 is 0 Å².